The van der Waals surface area contributed by atoms with Gasteiger partial charge in [0.25, 0.3) is 5.91 Å². The molecule has 2 N–H and O–H groups in total. The molecular weight excluding hydrogens is 364 g/mol. The van der Waals surface area contributed by atoms with Gasteiger partial charge in [-0.25, -0.2) is 0 Å². The van der Waals surface area contributed by atoms with Gasteiger partial charge >= 0.3 is 5.97 Å². The van der Waals surface area contributed by atoms with Crippen LogP contribution in [0.25, 0.3) is 0 Å². The number of amides is 1. The van der Waals surface area contributed by atoms with Crippen molar-refractivity contribution in [2.75, 3.05) is 14.2 Å². The second-order valence-electron chi connectivity index (χ2n) is 7.25. The van der Waals surface area contributed by atoms with Gasteiger partial charge in [0.05, 0.1) is 26.4 Å². The van der Waals surface area contributed by atoms with E-state index in [9.17, 15) is 14.7 Å². The van der Waals surface area contributed by atoms with Crippen LogP contribution >= 0.6 is 0 Å². The van der Waals surface area contributed by atoms with Gasteiger partial charge in [-0.15, -0.1) is 0 Å². The lowest BCUT2D eigenvalue weighted by molar-refractivity contribution is -0.156. The number of hydrogen-bond acceptors (Lipinski definition) is 6. The minimum absolute atomic E-state index is 0.0430. The van der Waals surface area contributed by atoms with E-state index in [0.717, 1.165) is 32.1 Å². The smallest absolute Gasteiger partial charge is 0.308 e. The summed E-state index contributed by atoms with van der Waals surface area (Å²) >= 11 is 0. The minimum Gasteiger partial charge on any atom is -0.497 e. The number of carbonyl (C=O) groups is 2. The van der Waals surface area contributed by atoms with Gasteiger partial charge in [-0.05, 0) is 31.0 Å². The third-order valence-electron chi connectivity index (χ3n) is 5.29. The molecule has 1 aliphatic carbocycles. The highest BCUT2D eigenvalue weighted by atomic mass is 16.7. The Kier molecular flexibility index (Phi) is 6.06. The third-order valence-corrected chi connectivity index (χ3v) is 5.29. The number of carboxylic acids is 1. The third kappa shape index (κ3) is 4.21. The first-order valence-electron chi connectivity index (χ1n) is 9.47. The fourth-order valence-corrected chi connectivity index (χ4v) is 3.77. The van der Waals surface area contributed by atoms with E-state index in [1.165, 1.54) is 7.11 Å². The molecule has 1 heterocycles. The van der Waals surface area contributed by atoms with Crippen LogP contribution in [0.3, 0.4) is 0 Å². The molecule has 1 atom stereocenters. The molecule has 8 heteroatoms. The summed E-state index contributed by atoms with van der Waals surface area (Å²) in [6.45, 7) is 0. The molecule has 1 aromatic rings. The maximum Gasteiger partial charge on any atom is 0.308 e. The maximum atomic E-state index is 13.0. The lowest BCUT2D eigenvalue weighted by Crippen LogP contribution is -2.52. The predicted molar refractivity (Wildman–Crippen MR) is 102 cm³/mol. The van der Waals surface area contributed by atoms with Crippen molar-refractivity contribution in [1.29, 1.82) is 0 Å². The van der Waals surface area contributed by atoms with Crippen molar-refractivity contribution >= 4 is 17.6 Å². The number of methoxy groups -OCH3 is 2. The second-order valence-corrected chi connectivity index (χ2v) is 7.25. The predicted octanol–water partition coefficient (Wildman–Crippen LogP) is 2.49. The van der Waals surface area contributed by atoms with Gasteiger partial charge in [0.15, 0.2) is 0 Å². The first-order valence-corrected chi connectivity index (χ1v) is 9.47. The highest BCUT2D eigenvalue weighted by molar-refractivity contribution is 6.08. The number of nitrogens with zero attached hydrogens (tertiary/aromatic N) is 1. The lowest BCUT2D eigenvalue weighted by atomic mass is 9.88. The van der Waals surface area contributed by atoms with E-state index in [2.05, 4.69) is 10.5 Å². The van der Waals surface area contributed by atoms with E-state index in [1.807, 2.05) is 0 Å². The van der Waals surface area contributed by atoms with Crippen LogP contribution in [0.4, 0.5) is 0 Å². The van der Waals surface area contributed by atoms with Crippen LogP contribution in [0.1, 0.15) is 50.5 Å². The number of nitrogens with one attached hydrogen (secondary N) is 1. The van der Waals surface area contributed by atoms with Gasteiger partial charge in [0, 0.05) is 18.0 Å². The highest BCUT2D eigenvalue weighted by Gasteiger charge is 2.49. The number of rotatable bonds is 7. The van der Waals surface area contributed by atoms with E-state index in [-0.39, 0.29) is 12.5 Å². The second kappa shape index (κ2) is 8.50. The Bertz CT molecular complexity index is 772. The van der Waals surface area contributed by atoms with Crippen molar-refractivity contribution in [2.45, 2.75) is 56.6 Å². The number of hydrogen-bond donors (Lipinski definition) is 2. The normalized spacial score (nSPS) is 22.1. The Morgan fingerprint density at radius 2 is 2.00 bits per heavy atom. The Hall–Kier alpha value is -2.77. The molecule has 28 heavy (non-hydrogen) atoms. The van der Waals surface area contributed by atoms with Crippen LogP contribution < -0.4 is 14.8 Å². The fourth-order valence-electron chi connectivity index (χ4n) is 3.77. The Labute approximate surface area is 163 Å². The van der Waals surface area contributed by atoms with E-state index < -0.39 is 23.9 Å². The molecule has 0 saturated heterocycles. The summed E-state index contributed by atoms with van der Waals surface area (Å²) in [5, 5.41) is 16.4. The summed E-state index contributed by atoms with van der Waals surface area (Å²) < 4.78 is 10.6. The van der Waals surface area contributed by atoms with Crippen molar-refractivity contribution in [3.8, 4) is 11.5 Å². The van der Waals surface area contributed by atoms with Gasteiger partial charge in [0.1, 0.15) is 11.5 Å². The number of benzene rings is 1. The molecule has 152 valence electrons. The van der Waals surface area contributed by atoms with Crippen molar-refractivity contribution < 1.29 is 29.0 Å². The van der Waals surface area contributed by atoms with E-state index >= 15 is 0 Å². The average Bonchev–Trinajstić information content (AvgIpc) is 3.12. The molecule has 0 spiro atoms. The molecular formula is C20H26N2O6. The van der Waals surface area contributed by atoms with Crippen LogP contribution in [-0.2, 0) is 14.4 Å². The average molecular weight is 390 g/mol. The van der Waals surface area contributed by atoms with Crippen LogP contribution in [0.15, 0.2) is 23.4 Å². The van der Waals surface area contributed by atoms with Crippen LogP contribution in [-0.4, -0.2) is 48.6 Å². The molecule has 8 nitrogen and oxygen atoms in total. The summed E-state index contributed by atoms with van der Waals surface area (Å²) in [5.74, 6) is -0.405. The number of carbonyl (C=O) groups excluding carboxylic acids is 1. The van der Waals surface area contributed by atoms with Gasteiger partial charge in [0.2, 0.25) is 5.60 Å². The standard InChI is InChI=1S/C20H26N2O6/c1-26-14-8-9-17(27-2)15(10-14)16-11-20(28-22-16,12-18(23)24)19(25)21-13-6-4-3-5-7-13/h8-10,13H,3-7,11-12H2,1-2H3,(H,21,25)(H,23,24). The van der Waals surface area contributed by atoms with Gasteiger partial charge < -0.3 is 24.7 Å². The summed E-state index contributed by atoms with van der Waals surface area (Å²) in [5.41, 5.74) is -0.498. The molecule has 0 radical (unpaired) electrons. The molecule has 2 aliphatic rings. The molecule has 1 amide bonds. The first kappa shape index (κ1) is 20.0. The SMILES string of the molecule is COc1ccc(OC)c(C2=NOC(CC(=O)O)(C(=O)NC3CCCCC3)C2)c1. The van der Waals surface area contributed by atoms with E-state index in [1.54, 1.807) is 25.3 Å². The molecule has 0 bridgehead atoms. The minimum atomic E-state index is -1.56. The summed E-state index contributed by atoms with van der Waals surface area (Å²) in [6.07, 6.45) is 4.64. The van der Waals surface area contributed by atoms with Crippen molar-refractivity contribution in [1.82, 2.24) is 5.32 Å². The molecule has 0 aromatic heterocycles. The zero-order valence-corrected chi connectivity index (χ0v) is 16.2. The molecule has 1 fully saturated rings. The van der Waals surface area contributed by atoms with Crippen molar-refractivity contribution in [3.63, 3.8) is 0 Å². The monoisotopic (exact) mass is 390 g/mol. The van der Waals surface area contributed by atoms with Crippen molar-refractivity contribution in [3.05, 3.63) is 23.8 Å². The molecule has 1 aliphatic heterocycles. The molecule has 1 aromatic carbocycles. The number of aliphatic carboxylic acids is 1. The van der Waals surface area contributed by atoms with Gasteiger partial charge in [-0.2, -0.15) is 0 Å². The topological polar surface area (TPSA) is 106 Å². The summed E-state index contributed by atoms with van der Waals surface area (Å²) in [6, 6.07) is 5.26. The van der Waals surface area contributed by atoms with Crippen LogP contribution in [0, 0.1) is 0 Å². The Morgan fingerprint density at radius 3 is 2.64 bits per heavy atom. The zero-order chi connectivity index (χ0) is 20.1. The number of carboxylic acid groups (broad SMARTS) is 1. The fraction of sp³-hybridized carbons (Fsp3) is 0.550. The number of ether oxygens (including phenoxy) is 2. The quantitative estimate of drug-likeness (QED) is 0.741. The van der Waals surface area contributed by atoms with Gasteiger partial charge in [-0.1, -0.05) is 24.4 Å². The Balaban J connectivity index is 1.83. The summed E-state index contributed by atoms with van der Waals surface area (Å²) in [4.78, 5) is 30.0. The lowest BCUT2D eigenvalue weighted by Gasteiger charge is -2.29. The molecule has 1 unspecified atom stereocenters. The highest BCUT2D eigenvalue weighted by Crippen LogP contribution is 2.35. The maximum absolute atomic E-state index is 13.0. The van der Waals surface area contributed by atoms with Gasteiger partial charge in [-0.3, -0.25) is 9.59 Å². The molecule has 1 saturated carbocycles. The van der Waals surface area contributed by atoms with E-state index in [0.29, 0.717) is 22.8 Å². The zero-order valence-electron chi connectivity index (χ0n) is 16.2. The first-order chi connectivity index (χ1) is 13.5. The largest absolute Gasteiger partial charge is 0.497 e. The summed E-state index contributed by atoms with van der Waals surface area (Å²) in [7, 11) is 3.08. The van der Waals surface area contributed by atoms with Crippen LogP contribution in [0.2, 0.25) is 0 Å². The van der Waals surface area contributed by atoms with Crippen LogP contribution in [0.5, 0.6) is 11.5 Å². The van der Waals surface area contributed by atoms with Crippen molar-refractivity contribution in [2.24, 2.45) is 5.16 Å². The number of oxime groups is 1. The van der Waals surface area contributed by atoms with E-state index in [4.69, 9.17) is 14.3 Å². The Morgan fingerprint density at radius 1 is 1.25 bits per heavy atom. The molecule has 3 rings (SSSR count).